The molecule has 0 bridgehead atoms. The number of thiazole rings is 1. The third kappa shape index (κ3) is 4.20. The Morgan fingerprint density at radius 2 is 1.88 bits per heavy atom. The maximum atomic E-state index is 11.2. The van der Waals surface area contributed by atoms with E-state index in [9.17, 15) is 9.59 Å². The highest BCUT2D eigenvalue weighted by atomic mass is 35.5. The minimum Gasteiger partial charge on any atom is -0.468 e. The van der Waals surface area contributed by atoms with E-state index in [1.54, 1.807) is 5.38 Å². The number of hydrogen-bond acceptors (Lipinski definition) is 7. The molecule has 6 nitrogen and oxygen atoms in total. The molecule has 1 aromatic rings. The van der Waals surface area contributed by atoms with Crippen molar-refractivity contribution in [1.29, 1.82) is 0 Å². The molecule has 0 aliphatic heterocycles. The topological polar surface area (TPSA) is 68.7 Å². The lowest BCUT2D eigenvalue weighted by atomic mass is 10.5. The van der Waals surface area contributed by atoms with E-state index in [0.717, 1.165) is 0 Å². The SMILES string of the molecule is COC(=O)CN(CC(=O)OC)c1nc(Cl)cs1. The van der Waals surface area contributed by atoms with E-state index in [2.05, 4.69) is 14.5 Å². The van der Waals surface area contributed by atoms with Crippen LogP contribution in [0.2, 0.25) is 5.15 Å². The Hall–Kier alpha value is -1.34. The summed E-state index contributed by atoms with van der Waals surface area (Å²) in [7, 11) is 2.54. The van der Waals surface area contributed by atoms with Gasteiger partial charge in [-0.3, -0.25) is 9.59 Å². The lowest BCUT2D eigenvalue weighted by Crippen LogP contribution is -2.35. The molecule has 1 rings (SSSR count). The number of carbonyl (C=O) groups excluding carboxylic acids is 2. The maximum Gasteiger partial charge on any atom is 0.325 e. The molecule has 8 heteroatoms. The molecule has 0 saturated heterocycles. The standard InChI is InChI=1S/C9H11ClN2O4S/c1-15-7(13)3-12(4-8(14)16-2)9-11-6(10)5-17-9/h5H,3-4H2,1-2H3. The number of carbonyl (C=O) groups is 2. The van der Waals surface area contributed by atoms with Crippen LogP contribution in [-0.2, 0) is 19.1 Å². The lowest BCUT2D eigenvalue weighted by molar-refractivity contribution is -0.140. The van der Waals surface area contributed by atoms with E-state index in [1.807, 2.05) is 0 Å². The molecule has 1 aromatic heterocycles. The van der Waals surface area contributed by atoms with Crippen molar-refractivity contribution in [3.63, 3.8) is 0 Å². The molecule has 0 amide bonds. The van der Waals surface area contributed by atoms with Crippen molar-refractivity contribution < 1.29 is 19.1 Å². The van der Waals surface area contributed by atoms with Gasteiger partial charge in [0, 0.05) is 5.38 Å². The van der Waals surface area contributed by atoms with Crippen LogP contribution >= 0.6 is 22.9 Å². The smallest absolute Gasteiger partial charge is 0.325 e. The van der Waals surface area contributed by atoms with E-state index < -0.39 is 11.9 Å². The molecule has 0 saturated carbocycles. The normalized spacial score (nSPS) is 9.82. The fraction of sp³-hybridized carbons (Fsp3) is 0.444. The molecule has 0 fully saturated rings. The summed E-state index contributed by atoms with van der Waals surface area (Å²) in [4.78, 5) is 27.8. The first-order valence-electron chi connectivity index (χ1n) is 4.56. The first-order chi connectivity index (χ1) is 8.06. The average molecular weight is 279 g/mol. The van der Waals surface area contributed by atoms with Crippen LogP contribution in [0.15, 0.2) is 5.38 Å². The molecule has 94 valence electrons. The number of aromatic nitrogens is 1. The second-order valence-electron chi connectivity index (χ2n) is 2.96. The fourth-order valence-corrected chi connectivity index (χ4v) is 1.97. The Balaban J connectivity index is 2.78. The first-order valence-corrected chi connectivity index (χ1v) is 5.82. The molecule has 0 aliphatic rings. The summed E-state index contributed by atoms with van der Waals surface area (Å²) in [6.45, 7) is -0.176. The van der Waals surface area contributed by atoms with E-state index in [4.69, 9.17) is 11.6 Å². The third-order valence-corrected chi connectivity index (χ3v) is 3.05. The van der Waals surface area contributed by atoms with Crippen molar-refractivity contribution in [2.24, 2.45) is 0 Å². The van der Waals surface area contributed by atoms with Crippen LogP contribution in [0, 0.1) is 0 Å². The van der Waals surface area contributed by atoms with Crippen molar-refractivity contribution in [3.8, 4) is 0 Å². The second-order valence-corrected chi connectivity index (χ2v) is 4.18. The van der Waals surface area contributed by atoms with Gasteiger partial charge in [0.1, 0.15) is 18.2 Å². The molecule has 1 heterocycles. The second kappa shape index (κ2) is 6.41. The Bertz CT molecular complexity index is 391. The van der Waals surface area contributed by atoms with E-state index in [-0.39, 0.29) is 13.1 Å². The van der Waals surface area contributed by atoms with Crippen LogP contribution in [0.4, 0.5) is 5.13 Å². The minimum atomic E-state index is -0.472. The van der Waals surface area contributed by atoms with Gasteiger partial charge in [0.15, 0.2) is 5.13 Å². The minimum absolute atomic E-state index is 0.0879. The van der Waals surface area contributed by atoms with Gasteiger partial charge in [-0.15, -0.1) is 11.3 Å². The van der Waals surface area contributed by atoms with E-state index in [1.165, 1.54) is 30.5 Å². The molecule has 0 unspecified atom stereocenters. The summed E-state index contributed by atoms with van der Waals surface area (Å²) in [5.74, 6) is -0.944. The van der Waals surface area contributed by atoms with Gasteiger partial charge < -0.3 is 14.4 Å². The van der Waals surface area contributed by atoms with Crippen molar-refractivity contribution >= 4 is 40.0 Å². The maximum absolute atomic E-state index is 11.2. The zero-order chi connectivity index (χ0) is 12.8. The van der Waals surface area contributed by atoms with Crippen molar-refractivity contribution in [3.05, 3.63) is 10.5 Å². The van der Waals surface area contributed by atoms with Crippen molar-refractivity contribution in [2.75, 3.05) is 32.2 Å². The molecule has 17 heavy (non-hydrogen) atoms. The summed E-state index contributed by atoms with van der Waals surface area (Å²) in [5, 5.41) is 2.38. The summed E-state index contributed by atoms with van der Waals surface area (Å²) < 4.78 is 9.07. The zero-order valence-corrected chi connectivity index (χ0v) is 10.9. The average Bonchev–Trinajstić information content (AvgIpc) is 2.74. The van der Waals surface area contributed by atoms with E-state index >= 15 is 0 Å². The number of ether oxygens (including phenoxy) is 2. The van der Waals surface area contributed by atoms with Crippen LogP contribution in [0.5, 0.6) is 0 Å². The van der Waals surface area contributed by atoms with Crippen molar-refractivity contribution in [1.82, 2.24) is 4.98 Å². The zero-order valence-electron chi connectivity index (χ0n) is 9.31. The van der Waals surface area contributed by atoms with Gasteiger partial charge in [-0.2, -0.15) is 0 Å². The number of anilines is 1. The highest BCUT2D eigenvalue weighted by Crippen LogP contribution is 2.23. The number of methoxy groups -OCH3 is 2. The predicted molar refractivity (Wildman–Crippen MR) is 63.4 cm³/mol. The highest BCUT2D eigenvalue weighted by molar-refractivity contribution is 7.14. The number of halogens is 1. The Morgan fingerprint density at radius 1 is 1.35 bits per heavy atom. The summed E-state index contributed by atoms with van der Waals surface area (Å²) >= 11 is 6.92. The Kier molecular flexibility index (Phi) is 5.17. The summed E-state index contributed by atoms with van der Waals surface area (Å²) in [6.07, 6.45) is 0. The van der Waals surface area contributed by atoms with Gasteiger partial charge in [-0.05, 0) is 0 Å². The largest absolute Gasteiger partial charge is 0.468 e. The van der Waals surface area contributed by atoms with Crippen LogP contribution in [0.1, 0.15) is 0 Å². The quantitative estimate of drug-likeness (QED) is 0.747. The Labute approximate surface area is 107 Å². The number of esters is 2. The molecule has 0 aromatic carbocycles. The van der Waals surface area contributed by atoms with Crippen LogP contribution in [0.3, 0.4) is 0 Å². The van der Waals surface area contributed by atoms with Gasteiger partial charge >= 0.3 is 11.9 Å². The van der Waals surface area contributed by atoms with Crippen LogP contribution in [0.25, 0.3) is 0 Å². The molecule has 0 atom stereocenters. The van der Waals surface area contributed by atoms with Gasteiger partial charge in [-0.1, -0.05) is 11.6 Å². The third-order valence-electron chi connectivity index (χ3n) is 1.83. The number of nitrogens with zero attached hydrogens (tertiary/aromatic N) is 2. The van der Waals surface area contributed by atoms with Crippen molar-refractivity contribution in [2.45, 2.75) is 0 Å². The van der Waals surface area contributed by atoms with E-state index in [0.29, 0.717) is 10.3 Å². The molecular formula is C9H11ClN2O4S. The molecule has 0 N–H and O–H groups in total. The summed E-state index contributed by atoms with van der Waals surface area (Å²) in [5.41, 5.74) is 0. The van der Waals surface area contributed by atoms with Gasteiger partial charge in [-0.25, -0.2) is 4.98 Å². The molecular weight excluding hydrogens is 268 g/mol. The Morgan fingerprint density at radius 3 is 2.24 bits per heavy atom. The highest BCUT2D eigenvalue weighted by Gasteiger charge is 2.18. The first kappa shape index (κ1) is 13.7. The predicted octanol–water partition coefficient (Wildman–Crippen LogP) is 0.949. The number of rotatable bonds is 5. The van der Waals surface area contributed by atoms with Gasteiger partial charge in [0.2, 0.25) is 0 Å². The van der Waals surface area contributed by atoms with Gasteiger partial charge in [0.25, 0.3) is 0 Å². The molecule has 0 radical (unpaired) electrons. The summed E-state index contributed by atoms with van der Waals surface area (Å²) in [6, 6.07) is 0. The fourth-order valence-electron chi connectivity index (χ4n) is 1.02. The molecule has 0 aliphatic carbocycles. The molecule has 0 spiro atoms. The number of hydrogen-bond donors (Lipinski definition) is 0. The monoisotopic (exact) mass is 278 g/mol. The van der Waals surface area contributed by atoms with Crippen LogP contribution in [-0.4, -0.2) is 44.2 Å². The van der Waals surface area contributed by atoms with Crippen LogP contribution < -0.4 is 4.90 Å². The lowest BCUT2D eigenvalue weighted by Gasteiger charge is -2.18. The van der Waals surface area contributed by atoms with Gasteiger partial charge in [0.05, 0.1) is 14.2 Å².